The number of nitrogens with two attached hydrogens (primary N) is 1. The van der Waals surface area contributed by atoms with E-state index in [1.165, 1.54) is 6.07 Å². The standard InChI is InChI=1S/C11H8FIN2/c12-9-6-7(13)3-4-8(9)11-10(14)2-1-5-15-11/h1-6H,14H2. The molecule has 0 saturated heterocycles. The second-order valence-corrected chi connectivity index (χ2v) is 4.31. The number of anilines is 1. The van der Waals surface area contributed by atoms with Gasteiger partial charge in [0.15, 0.2) is 0 Å². The predicted octanol–water partition coefficient (Wildman–Crippen LogP) is 3.07. The van der Waals surface area contributed by atoms with Gasteiger partial charge in [-0.05, 0) is 52.9 Å². The van der Waals surface area contributed by atoms with Gasteiger partial charge in [-0.15, -0.1) is 0 Å². The summed E-state index contributed by atoms with van der Waals surface area (Å²) in [6.45, 7) is 0. The van der Waals surface area contributed by atoms with Crippen molar-refractivity contribution in [2.45, 2.75) is 0 Å². The molecule has 0 fully saturated rings. The Balaban J connectivity index is 2.60. The summed E-state index contributed by atoms with van der Waals surface area (Å²) in [6.07, 6.45) is 1.60. The van der Waals surface area contributed by atoms with Gasteiger partial charge in [0.2, 0.25) is 0 Å². The zero-order valence-corrected chi connectivity index (χ0v) is 9.90. The van der Waals surface area contributed by atoms with Gasteiger partial charge in [0.1, 0.15) is 5.82 Å². The summed E-state index contributed by atoms with van der Waals surface area (Å²) in [6, 6.07) is 8.41. The summed E-state index contributed by atoms with van der Waals surface area (Å²) in [7, 11) is 0. The molecule has 2 aromatic rings. The Morgan fingerprint density at radius 1 is 1.27 bits per heavy atom. The highest BCUT2D eigenvalue weighted by Gasteiger charge is 2.09. The van der Waals surface area contributed by atoms with E-state index >= 15 is 0 Å². The van der Waals surface area contributed by atoms with Crippen LogP contribution in [0.3, 0.4) is 0 Å². The Kier molecular flexibility index (Phi) is 2.86. The van der Waals surface area contributed by atoms with E-state index in [1.54, 1.807) is 24.4 Å². The van der Waals surface area contributed by atoms with Gasteiger partial charge in [-0.3, -0.25) is 4.98 Å². The number of hydrogen-bond donors (Lipinski definition) is 1. The summed E-state index contributed by atoms with van der Waals surface area (Å²) in [5.74, 6) is -0.299. The summed E-state index contributed by atoms with van der Waals surface area (Å²) in [4.78, 5) is 4.07. The van der Waals surface area contributed by atoms with Crippen molar-refractivity contribution in [3.05, 3.63) is 45.9 Å². The van der Waals surface area contributed by atoms with Crippen molar-refractivity contribution in [2.24, 2.45) is 0 Å². The van der Waals surface area contributed by atoms with Crippen LogP contribution < -0.4 is 5.73 Å². The number of nitrogens with zero attached hydrogens (tertiary/aromatic N) is 1. The third kappa shape index (κ3) is 2.09. The van der Waals surface area contributed by atoms with E-state index in [1.807, 2.05) is 6.07 Å². The van der Waals surface area contributed by atoms with E-state index in [9.17, 15) is 4.39 Å². The van der Waals surface area contributed by atoms with E-state index in [-0.39, 0.29) is 5.82 Å². The molecule has 1 heterocycles. The maximum absolute atomic E-state index is 13.6. The van der Waals surface area contributed by atoms with Gasteiger partial charge in [0.25, 0.3) is 0 Å². The van der Waals surface area contributed by atoms with Crippen LogP contribution in [0.2, 0.25) is 0 Å². The summed E-state index contributed by atoms with van der Waals surface area (Å²) >= 11 is 2.06. The zero-order chi connectivity index (χ0) is 10.8. The highest BCUT2D eigenvalue weighted by Crippen LogP contribution is 2.26. The molecule has 0 bridgehead atoms. The minimum absolute atomic E-state index is 0.299. The van der Waals surface area contributed by atoms with Crippen LogP contribution >= 0.6 is 22.6 Å². The Labute approximate surface area is 100 Å². The van der Waals surface area contributed by atoms with Gasteiger partial charge in [0, 0.05) is 15.3 Å². The lowest BCUT2D eigenvalue weighted by molar-refractivity contribution is 0.630. The van der Waals surface area contributed by atoms with Crippen molar-refractivity contribution in [2.75, 3.05) is 5.73 Å². The Morgan fingerprint density at radius 2 is 2.07 bits per heavy atom. The molecule has 4 heteroatoms. The first kappa shape index (κ1) is 10.4. The summed E-state index contributed by atoms with van der Waals surface area (Å²) < 4.78 is 14.5. The number of pyridine rings is 1. The summed E-state index contributed by atoms with van der Waals surface area (Å²) in [5, 5.41) is 0. The van der Waals surface area contributed by atoms with Gasteiger partial charge >= 0.3 is 0 Å². The molecule has 0 atom stereocenters. The van der Waals surface area contributed by atoms with Gasteiger partial charge in [-0.25, -0.2) is 4.39 Å². The van der Waals surface area contributed by atoms with E-state index in [0.717, 1.165) is 3.57 Å². The van der Waals surface area contributed by atoms with Crippen LogP contribution in [0.4, 0.5) is 10.1 Å². The molecule has 0 spiro atoms. The zero-order valence-electron chi connectivity index (χ0n) is 7.74. The lowest BCUT2D eigenvalue weighted by Gasteiger charge is -2.05. The molecule has 0 aliphatic carbocycles. The molecule has 0 radical (unpaired) electrons. The molecule has 0 aliphatic heterocycles. The predicted molar refractivity (Wildman–Crippen MR) is 66.8 cm³/mol. The Morgan fingerprint density at radius 3 is 2.73 bits per heavy atom. The number of rotatable bonds is 1. The van der Waals surface area contributed by atoms with Crippen molar-refractivity contribution >= 4 is 28.3 Å². The third-order valence-electron chi connectivity index (χ3n) is 2.03. The number of benzene rings is 1. The lowest BCUT2D eigenvalue weighted by Crippen LogP contribution is -1.94. The number of nitrogen functional groups attached to an aromatic ring is 1. The average molecular weight is 314 g/mol. The maximum atomic E-state index is 13.6. The maximum Gasteiger partial charge on any atom is 0.133 e. The molecule has 2 nitrogen and oxygen atoms in total. The van der Waals surface area contributed by atoms with Gasteiger partial charge < -0.3 is 5.73 Å². The first-order chi connectivity index (χ1) is 7.18. The van der Waals surface area contributed by atoms with Crippen molar-refractivity contribution < 1.29 is 4.39 Å². The van der Waals surface area contributed by atoms with Crippen molar-refractivity contribution in [1.82, 2.24) is 4.98 Å². The topological polar surface area (TPSA) is 38.9 Å². The minimum atomic E-state index is -0.299. The highest BCUT2D eigenvalue weighted by molar-refractivity contribution is 14.1. The van der Waals surface area contributed by atoms with Crippen molar-refractivity contribution in [1.29, 1.82) is 0 Å². The molecular formula is C11H8FIN2. The van der Waals surface area contributed by atoms with Crippen LogP contribution in [-0.4, -0.2) is 4.98 Å². The van der Waals surface area contributed by atoms with E-state index in [2.05, 4.69) is 27.6 Å². The fourth-order valence-corrected chi connectivity index (χ4v) is 1.78. The molecule has 1 aromatic heterocycles. The molecular weight excluding hydrogens is 306 g/mol. The van der Waals surface area contributed by atoms with Crippen molar-refractivity contribution in [3.8, 4) is 11.3 Å². The molecule has 2 rings (SSSR count). The number of halogens is 2. The Hall–Kier alpha value is -1.17. The first-order valence-corrected chi connectivity index (χ1v) is 5.42. The van der Waals surface area contributed by atoms with Gasteiger partial charge in [-0.2, -0.15) is 0 Å². The van der Waals surface area contributed by atoms with Crippen molar-refractivity contribution in [3.63, 3.8) is 0 Å². The molecule has 1 aromatic carbocycles. The van der Waals surface area contributed by atoms with E-state index in [0.29, 0.717) is 16.9 Å². The molecule has 15 heavy (non-hydrogen) atoms. The third-order valence-corrected chi connectivity index (χ3v) is 2.70. The minimum Gasteiger partial charge on any atom is -0.397 e. The fourth-order valence-electron chi connectivity index (χ4n) is 1.32. The normalized spacial score (nSPS) is 10.3. The largest absolute Gasteiger partial charge is 0.397 e. The molecule has 0 amide bonds. The quantitative estimate of drug-likeness (QED) is 0.822. The van der Waals surface area contributed by atoms with Crippen LogP contribution in [0.5, 0.6) is 0 Å². The SMILES string of the molecule is Nc1cccnc1-c1ccc(I)cc1F. The average Bonchev–Trinajstić information content (AvgIpc) is 2.20. The second kappa shape index (κ2) is 4.14. The molecule has 0 aliphatic rings. The number of aromatic nitrogens is 1. The fraction of sp³-hybridized carbons (Fsp3) is 0. The molecule has 0 saturated carbocycles. The Bertz CT molecular complexity index is 500. The van der Waals surface area contributed by atoms with Crippen LogP contribution in [0.15, 0.2) is 36.5 Å². The molecule has 0 unspecified atom stereocenters. The molecule has 76 valence electrons. The first-order valence-electron chi connectivity index (χ1n) is 4.34. The summed E-state index contributed by atoms with van der Waals surface area (Å²) in [5.41, 5.74) is 7.14. The van der Waals surface area contributed by atoms with Crippen LogP contribution in [0.25, 0.3) is 11.3 Å². The molecule has 2 N–H and O–H groups in total. The van der Waals surface area contributed by atoms with Crippen LogP contribution in [-0.2, 0) is 0 Å². The van der Waals surface area contributed by atoms with E-state index < -0.39 is 0 Å². The highest BCUT2D eigenvalue weighted by atomic mass is 127. The number of hydrogen-bond acceptors (Lipinski definition) is 2. The van der Waals surface area contributed by atoms with E-state index in [4.69, 9.17) is 5.73 Å². The lowest BCUT2D eigenvalue weighted by atomic mass is 10.1. The van der Waals surface area contributed by atoms with Crippen LogP contribution in [0.1, 0.15) is 0 Å². The van der Waals surface area contributed by atoms with Gasteiger partial charge in [0.05, 0.1) is 11.4 Å². The second-order valence-electron chi connectivity index (χ2n) is 3.07. The monoisotopic (exact) mass is 314 g/mol. The van der Waals surface area contributed by atoms with Gasteiger partial charge in [-0.1, -0.05) is 0 Å². The smallest absolute Gasteiger partial charge is 0.133 e. The van der Waals surface area contributed by atoms with Crippen LogP contribution in [0, 0.1) is 9.39 Å².